The van der Waals surface area contributed by atoms with Gasteiger partial charge in [0.1, 0.15) is 11.4 Å². The van der Waals surface area contributed by atoms with Crippen LogP contribution in [0.2, 0.25) is 0 Å². The average molecular weight is 258 g/mol. The Bertz CT molecular complexity index is 274. The second-order valence-electron chi connectivity index (χ2n) is 5.66. The fraction of sp³-hybridized carbons (Fsp3) is 1.00. The lowest BCUT2D eigenvalue weighted by Gasteiger charge is -2.42. The fourth-order valence-corrected chi connectivity index (χ4v) is 3.26. The topological polar surface area (TPSA) is 83.0 Å². The molecule has 0 amide bonds. The average Bonchev–Trinajstić information content (AvgIpc) is 2.99. The molecule has 2 heterocycles. The summed E-state index contributed by atoms with van der Waals surface area (Å²) < 4.78 is 11.7. The SMILES string of the molecule is OCC1COC2(CCC3(CC2)NC(CO)CO3)N1. The Balaban J connectivity index is 1.58. The minimum atomic E-state index is -0.277. The highest BCUT2D eigenvalue weighted by molar-refractivity contribution is 5.00. The highest BCUT2D eigenvalue weighted by Crippen LogP contribution is 2.40. The number of ether oxygens (including phenoxy) is 2. The molecule has 2 unspecified atom stereocenters. The van der Waals surface area contributed by atoms with Crippen LogP contribution in [-0.2, 0) is 9.47 Å². The van der Waals surface area contributed by atoms with Crippen LogP contribution >= 0.6 is 0 Å². The van der Waals surface area contributed by atoms with Crippen molar-refractivity contribution in [3.63, 3.8) is 0 Å². The number of hydrogen-bond acceptors (Lipinski definition) is 6. The van der Waals surface area contributed by atoms with Gasteiger partial charge in [0.15, 0.2) is 0 Å². The van der Waals surface area contributed by atoms with Crippen molar-refractivity contribution in [3.8, 4) is 0 Å². The molecule has 2 saturated heterocycles. The van der Waals surface area contributed by atoms with Crippen LogP contribution in [0.25, 0.3) is 0 Å². The zero-order valence-electron chi connectivity index (χ0n) is 10.5. The molecule has 3 rings (SSSR count). The Morgan fingerprint density at radius 3 is 1.50 bits per heavy atom. The third kappa shape index (κ3) is 2.17. The first-order chi connectivity index (χ1) is 8.69. The van der Waals surface area contributed by atoms with Crippen LogP contribution in [0, 0.1) is 0 Å². The zero-order chi connectivity index (χ0) is 12.6. The molecule has 3 fully saturated rings. The summed E-state index contributed by atoms with van der Waals surface area (Å²) in [4.78, 5) is 0. The number of aliphatic hydroxyl groups excluding tert-OH is 2. The lowest BCUT2D eigenvalue weighted by Crippen LogP contribution is -2.55. The van der Waals surface area contributed by atoms with Gasteiger partial charge in [-0.25, -0.2) is 0 Å². The van der Waals surface area contributed by atoms with E-state index in [1.165, 1.54) is 0 Å². The van der Waals surface area contributed by atoms with Gasteiger partial charge in [-0.3, -0.25) is 10.6 Å². The van der Waals surface area contributed by atoms with Gasteiger partial charge in [0.2, 0.25) is 0 Å². The molecule has 104 valence electrons. The second-order valence-corrected chi connectivity index (χ2v) is 5.66. The molecule has 0 radical (unpaired) electrons. The third-order valence-electron chi connectivity index (χ3n) is 4.36. The molecule has 6 nitrogen and oxygen atoms in total. The van der Waals surface area contributed by atoms with Crippen molar-refractivity contribution >= 4 is 0 Å². The van der Waals surface area contributed by atoms with Gasteiger partial charge < -0.3 is 19.7 Å². The van der Waals surface area contributed by atoms with Crippen LogP contribution in [0.5, 0.6) is 0 Å². The van der Waals surface area contributed by atoms with E-state index in [1.54, 1.807) is 0 Å². The minimum absolute atomic E-state index is 0.0571. The molecular formula is C12H22N2O4. The maximum absolute atomic E-state index is 9.14. The predicted octanol–water partition coefficient (Wildman–Crippen LogP) is -1.09. The molecule has 0 bridgehead atoms. The van der Waals surface area contributed by atoms with Gasteiger partial charge in [-0.15, -0.1) is 0 Å². The molecule has 6 heteroatoms. The minimum Gasteiger partial charge on any atom is -0.395 e. The van der Waals surface area contributed by atoms with Gasteiger partial charge in [-0.1, -0.05) is 0 Å². The summed E-state index contributed by atoms with van der Waals surface area (Å²) >= 11 is 0. The first-order valence-electron chi connectivity index (χ1n) is 6.74. The lowest BCUT2D eigenvalue weighted by atomic mass is 9.85. The van der Waals surface area contributed by atoms with Crippen molar-refractivity contribution in [2.75, 3.05) is 26.4 Å². The standard InChI is InChI=1S/C12H22N2O4/c15-5-9-7-17-11(13-9)1-2-12(4-3-11)14-10(6-16)8-18-12/h9-10,13-16H,1-8H2. The van der Waals surface area contributed by atoms with E-state index < -0.39 is 0 Å². The third-order valence-corrected chi connectivity index (χ3v) is 4.36. The van der Waals surface area contributed by atoms with Crippen molar-refractivity contribution in [2.45, 2.75) is 49.2 Å². The summed E-state index contributed by atoms with van der Waals surface area (Å²) in [5, 5.41) is 25.1. The Labute approximate surface area is 107 Å². The van der Waals surface area contributed by atoms with Gasteiger partial charge in [0, 0.05) is 0 Å². The molecule has 0 aromatic rings. The summed E-state index contributed by atoms with van der Waals surface area (Å²) in [6, 6.07) is 0.114. The van der Waals surface area contributed by atoms with Crippen molar-refractivity contribution in [1.82, 2.24) is 10.6 Å². The molecule has 0 aromatic heterocycles. The number of nitrogens with one attached hydrogen (secondary N) is 2. The van der Waals surface area contributed by atoms with Crippen LogP contribution in [0.4, 0.5) is 0 Å². The largest absolute Gasteiger partial charge is 0.395 e. The molecule has 2 atom stereocenters. The molecule has 2 spiro atoms. The molecule has 3 aliphatic rings. The van der Waals surface area contributed by atoms with Gasteiger partial charge in [-0.05, 0) is 25.7 Å². The summed E-state index contributed by atoms with van der Waals surface area (Å²) in [5.74, 6) is 0. The van der Waals surface area contributed by atoms with Gasteiger partial charge in [-0.2, -0.15) is 0 Å². The molecular weight excluding hydrogens is 236 g/mol. The number of rotatable bonds is 2. The van der Waals surface area contributed by atoms with Crippen LogP contribution < -0.4 is 10.6 Å². The molecule has 1 saturated carbocycles. The van der Waals surface area contributed by atoms with E-state index in [0.717, 1.165) is 25.7 Å². The van der Waals surface area contributed by atoms with Gasteiger partial charge in [0.05, 0.1) is 38.5 Å². The first-order valence-corrected chi connectivity index (χ1v) is 6.74. The van der Waals surface area contributed by atoms with Crippen molar-refractivity contribution in [3.05, 3.63) is 0 Å². The predicted molar refractivity (Wildman–Crippen MR) is 63.9 cm³/mol. The monoisotopic (exact) mass is 258 g/mol. The molecule has 4 N–H and O–H groups in total. The van der Waals surface area contributed by atoms with E-state index in [1.807, 2.05) is 0 Å². The summed E-state index contributed by atoms with van der Waals surface area (Å²) in [6.45, 7) is 1.40. The van der Waals surface area contributed by atoms with E-state index >= 15 is 0 Å². The Kier molecular flexibility index (Phi) is 3.34. The summed E-state index contributed by atoms with van der Waals surface area (Å²) in [5.41, 5.74) is -0.554. The van der Waals surface area contributed by atoms with Crippen molar-refractivity contribution in [2.24, 2.45) is 0 Å². The highest BCUT2D eigenvalue weighted by atomic mass is 16.5. The van der Waals surface area contributed by atoms with Crippen LogP contribution in [0.15, 0.2) is 0 Å². The summed E-state index contributed by atoms with van der Waals surface area (Å²) in [7, 11) is 0. The Morgan fingerprint density at radius 2 is 1.22 bits per heavy atom. The molecule has 18 heavy (non-hydrogen) atoms. The Hall–Kier alpha value is -0.240. The normalized spacial score (nSPS) is 48.3. The van der Waals surface area contributed by atoms with E-state index in [4.69, 9.17) is 19.7 Å². The maximum Gasteiger partial charge on any atom is 0.120 e. The van der Waals surface area contributed by atoms with E-state index in [2.05, 4.69) is 10.6 Å². The van der Waals surface area contributed by atoms with Crippen LogP contribution in [0.3, 0.4) is 0 Å². The number of hydrogen-bond donors (Lipinski definition) is 4. The molecule has 2 aliphatic heterocycles. The van der Waals surface area contributed by atoms with Crippen molar-refractivity contribution < 1.29 is 19.7 Å². The number of aliphatic hydroxyl groups is 2. The Morgan fingerprint density at radius 1 is 0.833 bits per heavy atom. The van der Waals surface area contributed by atoms with E-state index in [0.29, 0.717) is 13.2 Å². The molecule has 1 aliphatic carbocycles. The zero-order valence-corrected chi connectivity index (χ0v) is 10.5. The summed E-state index contributed by atoms with van der Waals surface area (Å²) in [6.07, 6.45) is 3.48. The molecule has 0 aromatic carbocycles. The second kappa shape index (κ2) is 4.70. The highest BCUT2D eigenvalue weighted by Gasteiger charge is 2.50. The first kappa shape index (κ1) is 12.8. The van der Waals surface area contributed by atoms with Crippen LogP contribution in [0.1, 0.15) is 25.7 Å². The van der Waals surface area contributed by atoms with Crippen LogP contribution in [-0.4, -0.2) is 60.2 Å². The lowest BCUT2D eigenvalue weighted by molar-refractivity contribution is -0.115. The van der Waals surface area contributed by atoms with Crippen molar-refractivity contribution in [1.29, 1.82) is 0 Å². The maximum atomic E-state index is 9.14. The van der Waals surface area contributed by atoms with E-state index in [9.17, 15) is 0 Å². The van der Waals surface area contributed by atoms with Gasteiger partial charge in [0.25, 0.3) is 0 Å². The van der Waals surface area contributed by atoms with E-state index in [-0.39, 0.29) is 36.7 Å². The quantitative estimate of drug-likeness (QED) is 0.504. The van der Waals surface area contributed by atoms with Gasteiger partial charge >= 0.3 is 0 Å². The smallest absolute Gasteiger partial charge is 0.120 e. The fourth-order valence-electron chi connectivity index (χ4n) is 3.26.